The number of likely N-dealkylation sites (N-methyl/N-ethyl adjacent to an activating group) is 2. The van der Waals surface area contributed by atoms with E-state index in [0.29, 0.717) is 13.0 Å². The highest BCUT2D eigenvalue weighted by Gasteiger charge is 2.09. The Morgan fingerprint density at radius 2 is 1.94 bits per heavy atom. The van der Waals surface area contributed by atoms with E-state index in [2.05, 4.69) is 0 Å². The lowest BCUT2D eigenvalue weighted by atomic mass is 10.1. The van der Waals surface area contributed by atoms with Gasteiger partial charge in [-0.1, -0.05) is 12.1 Å². The molecule has 1 N–H and O–H groups in total. The van der Waals surface area contributed by atoms with Crippen LogP contribution < -0.4 is 0 Å². The predicted octanol–water partition coefficient (Wildman–Crippen LogP) is 0.955. The van der Waals surface area contributed by atoms with Crippen LogP contribution in [0, 0.1) is 0 Å². The molecule has 0 unspecified atom stereocenters. The molecule has 0 aliphatic carbocycles. The summed E-state index contributed by atoms with van der Waals surface area (Å²) in [6.45, 7) is 1.56. The summed E-state index contributed by atoms with van der Waals surface area (Å²) < 4.78 is 0. The Labute approximate surface area is 102 Å². The standard InChI is InChI=1S/C13H20N2O2/c1-14(2)7-8-15(3)13(17)10-11-5-4-6-12(16)9-11/h4-6,9,16H,7-8,10H2,1-3H3. The maximum absolute atomic E-state index is 11.9. The van der Waals surface area contributed by atoms with Crippen LogP contribution in [0.15, 0.2) is 24.3 Å². The number of hydrogen-bond donors (Lipinski definition) is 1. The van der Waals surface area contributed by atoms with Gasteiger partial charge in [0.2, 0.25) is 5.91 Å². The van der Waals surface area contributed by atoms with Gasteiger partial charge in [-0.15, -0.1) is 0 Å². The molecule has 0 saturated carbocycles. The van der Waals surface area contributed by atoms with Crippen molar-refractivity contribution in [3.05, 3.63) is 29.8 Å². The van der Waals surface area contributed by atoms with Crippen LogP contribution in [0.5, 0.6) is 5.75 Å². The summed E-state index contributed by atoms with van der Waals surface area (Å²) in [7, 11) is 5.76. The average Bonchev–Trinajstić information content (AvgIpc) is 2.25. The number of amides is 1. The second kappa shape index (κ2) is 6.25. The number of rotatable bonds is 5. The van der Waals surface area contributed by atoms with Crippen molar-refractivity contribution >= 4 is 5.91 Å². The minimum atomic E-state index is 0.0671. The fraction of sp³-hybridized carbons (Fsp3) is 0.462. The zero-order valence-electron chi connectivity index (χ0n) is 10.7. The van der Waals surface area contributed by atoms with Crippen molar-refractivity contribution in [2.24, 2.45) is 0 Å². The molecule has 4 nitrogen and oxygen atoms in total. The predicted molar refractivity (Wildman–Crippen MR) is 68.0 cm³/mol. The lowest BCUT2D eigenvalue weighted by Crippen LogP contribution is -2.34. The number of aromatic hydroxyl groups is 1. The summed E-state index contributed by atoms with van der Waals surface area (Å²) in [5.41, 5.74) is 0.840. The molecule has 4 heteroatoms. The number of carbonyl (C=O) groups is 1. The van der Waals surface area contributed by atoms with E-state index in [4.69, 9.17) is 0 Å². The van der Waals surface area contributed by atoms with Crippen LogP contribution in [-0.2, 0) is 11.2 Å². The minimum absolute atomic E-state index is 0.0671. The van der Waals surface area contributed by atoms with Crippen LogP contribution in [0.3, 0.4) is 0 Å². The number of hydrogen-bond acceptors (Lipinski definition) is 3. The summed E-state index contributed by atoms with van der Waals surface area (Å²) in [5, 5.41) is 9.31. The number of benzene rings is 1. The van der Waals surface area contributed by atoms with E-state index in [-0.39, 0.29) is 11.7 Å². The van der Waals surface area contributed by atoms with Gasteiger partial charge in [0.15, 0.2) is 0 Å². The van der Waals surface area contributed by atoms with E-state index in [0.717, 1.165) is 12.1 Å². The molecule has 0 bridgehead atoms. The minimum Gasteiger partial charge on any atom is -0.508 e. The zero-order chi connectivity index (χ0) is 12.8. The van der Waals surface area contributed by atoms with Crippen LogP contribution in [0.25, 0.3) is 0 Å². The maximum Gasteiger partial charge on any atom is 0.226 e. The molecule has 0 radical (unpaired) electrons. The molecule has 0 fully saturated rings. The van der Waals surface area contributed by atoms with Gasteiger partial charge in [-0.25, -0.2) is 0 Å². The van der Waals surface area contributed by atoms with E-state index >= 15 is 0 Å². The first-order valence-corrected chi connectivity index (χ1v) is 5.65. The fourth-order valence-corrected chi connectivity index (χ4v) is 1.45. The van der Waals surface area contributed by atoms with Crippen LogP contribution in [0.4, 0.5) is 0 Å². The monoisotopic (exact) mass is 236 g/mol. The molecule has 0 aromatic heterocycles. The van der Waals surface area contributed by atoms with Crippen molar-refractivity contribution in [1.29, 1.82) is 0 Å². The lowest BCUT2D eigenvalue weighted by Gasteiger charge is -2.19. The highest BCUT2D eigenvalue weighted by atomic mass is 16.3. The van der Waals surface area contributed by atoms with Crippen LogP contribution in [0.1, 0.15) is 5.56 Å². The molecular formula is C13H20N2O2. The summed E-state index contributed by atoms with van der Waals surface area (Å²) in [6.07, 6.45) is 0.332. The largest absolute Gasteiger partial charge is 0.508 e. The molecule has 0 spiro atoms. The first kappa shape index (κ1) is 13.5. The van der Waals surface area contributed by atoms with E-state index in [1.807, 2.05) is 25.1 Å². The first-order valence-electron chi connectivity index (χ1n) is 5.65. The molecular weight excluding hydrogens is 216 g/mol. The lowest BCUT2D eigenvalue weighted by molar-refractivity contribution is -0.129. The topological polar surface area (TPSA) is 43.8 Å². The Bertz CT molecular complexity index is 377. The normalized spacial score (nSPS) is 10.6. The second-order valence-corrected chi connectivity index (χ2v) is 4.47. The molecule has 0 aliphatic rings. The van der Waals surface area contributed by atoms with E-state index in [9.17, 15) is 9.90 Å². The molecule has 1 amide bonds. The van der Waals surface area contributed by atoms with Crippen molar-refractivity contribution in [2.75, 3.05) is 34.2 Å². The SMILES string of the molecule is CN(C)CCN(C)C(=O)Cc1cccc(O)c1. The van der Waals surface area contributed by atoms with Crippen LogP contribution >= 0.6 is 0 Å². The summed E-state index contributed by atoms with van der Waals surface area (Å²) in [5.74, 6) is 0.267. The molecule has 1 aromatic rings. The van der Waals surface area contributed by atoms with Crippen LogP contribution in [-0.4, -0.2) is 55.0 Å². The van der Waals surface area contributed by atoms with Crippen LogP contribution in [0.2, 0.25) is 0 Å². The number of phenols is 1. The van der Waals surface area contributed by atoms with Gasteiger partial charge in [0.1, 0.15) is 5.75 Å². The number of phenolic OH excluding ortho intramolecular Hbond substituents is 1. The van der Waals surface area contributed by atoms with Gasteiger partial charge in [0.25, 0.3) is 0 Å². The quantitative estimate of drug-likeness (QED) is 0.828. The van der Waals surface area contributed by atoms with Crippen molar-refractivity contribution in [3.8, 4) is 5.75 Å². The second-order valence-electron chi connectivity index (χ2n) is 4.47. The van der Waals surface area contributed by atoms with Gasteiger partial charge in [0, 0.05) is 20.1 Å². The maximum atomic E-state index is 11.9. The highest BCUT2D eigenvalue weighted by Crippen LogP contribution is 2.11. The molecule has 1 aromatic carbocycles. The molecule has 94 valence electrons. The Balaban J connectivity index is 2.48. The van der Waals surface area contributed by atoms with Gasteiger partial charge >= 0.3 is 0 Å². The van der Waals surface area contributed by atoms with E-state index in [1.165, 1.54) is 0 Å². The van der Waals surface area contributed by atoms with Crippen molar-refractivity contribution in [3.63, 3.8) is 0 Å². The van der Waals surface area contributed by atoms with Gasteiger partial charge in [-0.2, -0.15) is 0 Å². The Morgan fingerprint density at radius 3 is 2.53 bits per heavy atom. The van der Waals surface area contributed by atoms with E-state index in [1.54, 1.807) is 30.1 Å². The van der Waals surface area contributed by atoms with Crippen molar-refractivity contribution in [2.45, 2.75) is 6.42 Å². The number of carbonyl (C=O) groups excluding carboxylic acids is 1. The van der Waals surface area contributed by atoms with Crippen molar-refractivity contribution < 1.29 is 9.90 Å². The molecule has 1 rings (SSSR count). The third kappa shape index (κ3) is 4.87. The first-order chi connectivity index (χ1) is 7.99. The third-order valence-corrected chi connectivity index (χ3v) is 2.57. The van der Waals surface area contributed by atoms with Gasteiger partial charge in [0.05, 0.1) is 6.42 Å². The molecule has 0 saturated heterocycles. The Kier molecular flexibility index (Phi) is 4.97. The highest BCUT2D eigenvalue weighted by molar-refractivity contribution is 5.78. The molecule has 0 aliphatic heterocycles. The zero-order valence-corrected chi connectivity index (χ0v) is 10.7. The van der Waals surface area contributed by atoms with E-state index < -0.39 is 0 Å². The number of nitrogens with zero attached hydrogens (tertiary/aromatic N) is 2. The molecule has 17 heavy (non-hydrogen) atoms. The van der Waals surface area contributed by atoms with Crippen molar-refractivity contribution in [1.82, 2.24) is 9.80 Å². The average molecular weight is 236 g/mol. The fourth-order valence-electron chi connectivity index (χ4n) is 1.45. The van der Waals surface area contributed by atoms with Gasteiger partial charge in [-0.05, 0) is 31.8 Å². The summed E-state index contributed by atoms with van der Waals surface area (Å²) >= 11 is 0. The summed E-state index contributed by atoms with van der Waals surface area (Å²) in [6, 6.07) is 6.82. The molecule has 0 atom stereocenters. The molecule has 0 heterocycles. The third-order valence-electron chi connectivity index (χ3n) is 2.57. The Hall–Kier alpha value is -1.55. The van der Waals surface area contributed by atoms with Gasteiger partial charge in [-0.3, -0.25) is 4.79 Å². The van der Waals surface area contributed by atoms with Gasteiger partial charge < -0.3 is 14.9 Å². The Morgan fingerprint density at radius 1 is 1.24 bits per heavy atom. The summed E-state index contributed by atoms with van der Waals surface area (Å²) in [4.78, 5) is 15.6. The smallest absolute Gasteiger partial charge is 0.226 e.